The minimum atomic E-state index is -0.574. The molecule has 0 spiro atoms. The van der Waals surface area contributed by atoms with Crippen LogP contribution in [-0.2, 0) is 11.8 Å². The van der Waals surface area contributed by atoms with E-state index in [9.17, 15) is 14.0 Å². The van der Waals surface area contributed by atoms with Crippen LogP contribution in [0.25, 0.3) is 0 Å². The molecule has 1 saturated heterocycles. The predicted octanol–water partition coefficient (Wildman–Crippen LogP) is 3.35. The summed E-state index contributed by atoms with van der Waals surface area (Å²) in [5, 5.41) is 10.1. The first-order valence-corrected chi connectivity index (χ1v) is 10.8. The number of aryl methyl sites for hydroxylation is 1. The van der Waals surface area contributed by atoms with Crippen LogP contribution >= 0.6 is 11.8 Å². The molecule has 7 nitrogen and oxygen atoms in total. The zero-order valence-electron chi connectivity index (χ0n) is 16.9. The predicted molar refractivity (Wildman–Crippen MR) is 113 cm³/mol. The molecular formula is C20H26FN5O2S. The van der Waals surface area contributed by atoms with Crippen molar-refractivity contribution in [1.82, 2.24) is 14.7 Å². The molecule has 3 rings (SSSR count). The zero-order chi connectivity index (χ0) is 21.0. The molecule has 1 aromatic heterocycles. The fraction of sp³-hybridized carbons (Fsp3) is 0.450. The van der Waals surface area contributed by atoms with E-state index >= 15 is 0 Å². The van der Waals surface area contributed by atoms with Crippen molar-refractivity contribution in [2.75, 3.05) is 30.0 Å². The van der Waals surface area contributed by atoms with Gasteiger partial charge >= 0.3 is 0 Å². The largest absolute Gasteiger partial charge is 0.325 e. The molecule has 2 heterocycles. The van der Waals surface area contributed by atoms with E-state index in [1.54, 1.807) is 11.7 Å². The van der Waals surface area contributed by atoms with Gasteiger partial charge in [0.25, 0.3) is 5.91 Å². The van der Waals surface area contributed by atoms with Gasteiger partial charge in [-0.3, -0.25) is 19.2 Å². The van der Waals surface area contributed by atoms with Crippen LogP contribution in [0.15, 0.2) is 29.4 Å². The second-order valence-electron chi connectivity index (χ2n) is 7.20. The Labute approximate surface area is 174 Å². The fourth-order valence-electron chi connectivity index (χ4n) is 3.49. The molecule has 1 atom stereocenters. The molecule has 156 valence electrons. The quantitative estimate of drug-likeness (QED) is 0.702. The van der Waals surface area contributed by atoms with Crippen LogP contribution in [0.3, 0.4) is 0 Å². The fourth-order valence-corrected chi connectivity index (χ4v) is 4.17. The lowest BCUT2D eigenvalue weighted by molar-refractivity contribution is -0.118. The summed E-state index contributed by atoms with van der Waals surface area (Å²) in [6.07, 6.45) is 6.66. The van der Waals surface area contributed by atoms with E-state index < -0.39 is 11.7 Å². The molecule has 2 amide bonds. The van der Waals surface area contributed by atoms with Gasteiger partial charge in [0.2, 0.25) is 5.91 Å². The Morgan fingerprint density at radius 2 is 2.10 bits per heavy atom. The third-order valence-corrected chi connectivity index (χ3v) is 5.98. The van der Waals surface area contributed by atoms with Gasteiger partial charge in [-0.25, -0.2) is 4.39 Å². The van der Waals surface area contributed by atoms with Crippen molar-refractivity contribution < 1.29 is 14.0 Å². The highest BCUT2D eigenvalue weighted by Gasteiger charge is 2.21. The molecule has 2 N–H and O–H groups in total. The topological polar surface area (TPSA) is 79.3 Å². The number of anilines is 2. The van der Waals surface area contributed by atoms with Crippen molar-refractivity contribution in [1.29, 1.82) is 0 Å². The third kappa shape index (κ3) is 5.16. The second-order valence-corrected chi connectivity index (χ2v) is 8.00. The minimum Gasteiger partial charge on any atom is -0.325 e. The summed E-state index contributed by atoms with van der Waals surface area (Å²) in [6.45, 7) is 3.33. The van der Waals surface area contributed by atoms with E-state index in [4.69, 9.17) is 0 Å². The molecular weight excluding hydrogens is 393 g/mol. The number of carbonyl (C=O) groups is 2. The van der Waals surface area contributed by atoms with Gasteiger partial charge in [-0.2, -0.15) is 5.10 Å². The molecule has 1 aromatic carbocycles. The lowest BCUT2D eigenvalue weighted by Gasteiger charge is -2.32. The molecule has 1 aliphatic rings. The number of nitrogens with one attached hydrogen (secondary N) is 2. The number of rotatable bonds is 6. The maximum Gasteiger partial charge on any atom is 0.260 e. The maximum atomic E-state index is 14.2. The van der Waals surface area contributed by atoms with Crippen LogP contribution in [0.1, 0.15) is 36.5 Å². The number of aromatic nitrogens is 2. The number of piperidine rings is 1. The summed E-state index contributed by atoms with van der Waals surface area (Å²) >= 11 is 1.38. The normalized spacial score (nSPS) is 17.2. The first-order valence-electron chi connectivity index (χ1n) is 9.60. The highest BCUT2D eigenvalue weighted by atomic mass is 32.2. The molecule has 0 aliphatic carbocycles. The number of thioether (sulfide) groups is 1. The summed E-state index contributed by atoms with van der Waals surface area (Å²) < 4.78 is 15.8. The van der Waals surface area contributed by atoms with Gasteiger partial charge in [-0.1, -0.05) is 6.42 Å². The SMILES string of the molecule is CSc1c(C(=O)Nc2cc(NC(=O)CN3CCCCC3C)ccc2F)cnn1C. The van der Waals surface area contributed by atoms with Crippen molar-refractivity contribution in [3.8, 4) is 0 Å². The molecule has 1 fully saturated rings. The van der Waals surface area contributed by atoms with Gasteiger partial charge in [-0.15, -0.1) is 11.8 Å². The van der Waals surface area contributed by atoms with E-state index in [1.165, 1.54) is 42.6 Å². The van der Waals surface area contributed by atoms with Crippen molar-refractivity contribution in [2.45, 2.75) is 37.3 Å². The molecule has 9 heteroatoms. The Hall–Kier alpha value is -2.39. The molecule has 29 heavy (non-hydrogen) atoms. The smallest absolute Gasteiger partial charge is 0.260 e. The van der Waals surface area contributed by atoms with Crippen LogP contribution in [-0.4, -0.2) is 51.9 Å². The molecule has 0 bridgehead atoms. The van der Waals surface area contributed by atoms with Crippen LogP contribution in [0.2, 0.25) is 0 Å². The standard InChI is InChI=1S/C20H26FN5O2S/c1-13-6-4-5-9-26(13)12-18(27)23-14-7-8-16(21)17(10-14)24-19(28)15-11-22-25(2)20(15)29-3/h7-8,10-11,13H,4-6,9,12H2,1-3H3,(H,23,27)(H,24,28). The first kappa shape index (κ1) is 21.3. The maximum absolute atomic E-state index is 14.2. The third-order valence-electron chi connectivity index (χ3n) is 5.11. The number of halogens is 1. The van der Waals surface area contributed by atoms with E-state index in [-0.39, 0.29) is 11.6 Å². The lowest BCUT2D eigenvalue weighted by Crippen LogP contribution is -2.42. The Balaban J connectivity index is 1.67. The Morgan fingerprint density at radius 3 is 2.83 bits per heavy atom. The molecule has 0 saturated carbocycles. The summed E-state index contributed by atoms with van der Waals surface area (Å²) in [4.78, 5) is 27.1. The van der Waals surface area contributed by atoms with E-state index in [2.05, 4.69) is 27.6 Å². The summed E-state index contributed by atoms with van der Waals surface area (Å²) in [5.41, 5.74) is 0.815. The zero-order valence-corrected chi connectivity index (χ0v) is 17.7. The van der Waals surface area contributed by atoms with Crippen LogP contribution in [0.4, 0.5) is 15.8 Å². The minimum absolute atomic E-state index is 0.00930. The van der Waals surface area contributed by atoms with Crippen molar-refractivity contribution in [2.24, 2.45) is 7.05 Å². The second kappa shape index (κ2) is 9.41. The number of hydrogen-bond acceptors (Lipinski definition) is 5. The van der Waals surface area contributed by atoms with Crippen LogP contribution in [0, 0.1) is 5.82 Å². The first-order chi connectivity index (χ1) is 13.9. The average Bonchev–Trinajstić information content (AvgIpc) is 3.07. The molecule has 1 aliphatic heterocycles. The van der Waals surface area contributed by atoms with Crippen molar-refractivity contribution in [3.05, 3.63) is 35.8 Å². The van der Waals surface area contributed by atoms with Crippen molar-refractivity contribution in [3.63, 3.8) is 0 Å². The van der Waals surface area contributed by atoms with Gasteiger partial charge in [0.15, 0.2) is 0 Å². The average molecular weight is 420 g/mol. The lowest BCUT2D eigenvalue weighted by atomic mass is 10.0. The van der Waals surface area contributed by atoms with Gasteiger partial charge in [-0.05, 0) is 50.8 Å². The van der Waals surface area contributed by atoms with Crippen molar-refractivity contribution >= 4 is 35.0 Å². The highest BCUT2D eigenvalue weighted by molar-refractivity contribution is 7.98. The number of carbonyl (C=O) groups excluding carboxylic acids is 2. The Morgan fingerprint density at radius 1 is 1.31 bits per heavy atom. The van der Waals surface area contributed by atoms with Gasteiger partial charge in [0.1, 0.15) is 10.8 Å². The summed E-state index contributed by atoms with van der Waals surface area (Å²) in [6, 6.07) is 4.52. The Kier molecular flexibility index (Phi) is 6.92. The molecule has 1 unspecified atom stereocenters. The number of amides is 2. The van der Waals surface area contributed by atoms with Crippen LogP contribution < -0.4 is 10.6 Å². The number of benzene rings is 1. The van der Waals surface area contributed by atoms with Crippen LogP contribution in [0.5, 0.6) is 0 Å². The molecule has 0 radical (unpaired) electrons. The monoisotopic (exact) mass is 419 g/mol. The summed E-state index contributed by atoms with van der Waals surface area (Å²) in [7, 11) is 1.74. The number of nitrogens with zero attached hydrogens (tertiary/aromatic N) is 3. The van der Waals surface area contributed by atoms with Gasteiger partial charge < -0.3 is 10.6 Å². The number of likely N-dealkylation sites (tertiary alicyclic amines) is 1. The van der Waals surface area contributed by atoms with E-state index in [0.29, 0.717) is 28.9 Å². The van der Waals surface area contributed by atoms with Gasteiger partial charge in [0, 0.05) is 18.8 Å². The van der Waals surface area contributed by atoms with Gasteiger partial charge in [0.05, 0.1) is 24.0 Å². The number of hydrogen-bond donors (Lipinski definition) is 2. The summed E-state index contributed by atoms with van der Waals surface area (Å²) in [5.74, 6) is -1.18. The van der Waals surface area contributed by atoms with E-state index in [1.807, 2.05) is 6.26 Å². The van der Waals surface area contributed by atoms with E-state index in [0.717, 1.165) is 19.4 Å². The Bertz CT molecular complexity index is 901. The highest BCUT2D eigenvalue weighted by Crippen LogP contribution is 2.24. The molecule has 2 aromatic rings.